The highest BCUT2D eigenvalue weighted by molar-refractivity contribution is 5.93. The number of amides is 1. The van der Waals surface area contributed by atoms with Crippen molar-refractivity contribution in [2.24, 2.45) is 0 Å². The highest BCUT2D eigenvalue weighted by atomic mass is 19.1. The predicted octanol–water partition coefficient (Wildman–Crippen LogP) is 3.86. The van der Waals surface area contributed by atoms with Gasteiger partial charge in [-0.3, -0.25) is 9.48 Å². The number of nitrogens with one attached hydrogen (secondary N) is 1. The molecule has 0 bridgehead atoms. The van der Waals surface area contributed by atoms with Gasteiger partial charge in [0.1, 0.15) is 5.82 Å². The first kappa shape index (κ1) is 18.5. The molecule has 2 aromatic heterocycles. The molecule has 6 nitrogen and oxygen atoms in total. The molecule has 0 fully saturated rings. The lowest BCUT2D eigenvalue weighted by atomic mass is 10.2. The Balaban J connectivity index is 1.71. The molecule has 27 heavy (non-hydrogen) atoms. The van der Waals surface area contributed by atoms with Crippen LogP contribution in [0.5, 0.6) is 11.6 Å². The minimum atomic E-state index is -0.836. The molecule has 3 aromatic rings. The number of hydrogen-bond donors (Lipinski definition) is 1. The van der Waals surface area contributed by atoms with Crippen LogP contribution in [0, 0.1) is 11.6 Å². The molecule has 0 atom stereocenters. The Morgan fingerprint density at radius 3 is 2.81 bits per heavy atom. The first-order chi connectivity index (χ1) is 12.9. The van der Waals surface area contributed by atoms with Crippen molar-refractivity contribution in [1.29, 1.82) is 0 Å². The number of aromatic nitrogens is 3. The van der Waals surface area contributed by atoms with Crippen molar-refractivity contribution in [2.75, 3.05) is 0 Å². The molecular formula is C19H18F2N4O2. The van der Waals surface area contributed by atoms with Gasteiger partial charge in [0.25, 0.3) is 5.91 Å². The van der Waals surface area contributed by atoms with E-state index < -0.39 is 11.6 Å². The summed E-state index contributed by atoms with van der Waals surface area (Å²) in [5.41, 5.74) is 0.977. The lowest BCUT2D eigenvalue weighted by molar-refractivity contribution is 0.0950. The Bertz CT molecular complexity index is 956. The molecule has 0 spiro atoms. The number of hydrogen-bond acceptors (Lipinski definition) is 4. The van der Waals surface area contributed by atoms with Crippen LogP contribution in [0.1, 0.15) is 35.8 Å². The van der Waals surface area contributed by atoms with Crippen molar-refractivity contribution in [3.63, 3.8) is 0 Å². The van der Waals surface area contributed by atoms with Crippen molar-refractivity contribution >= 4 is 5.91 Å². The van der Waals surface area contributed by atoms with E-state index in [4.69, 9.17) is 4.74 Å². The van der Waals surface area contributed by atoms with Gasteiger partial charge in [-0.1, -0.05) is 6.07 Å². The largest absolute Gasteiger partial charge is 0.436 e. The standard InChI is InChI=1S/C19H18F2N4O2/c1-12(2)25-11-14(10-24-25)18(26)23-9-13-4-3-7-22-19(13)27-17-6-5-15(20)8-16(17)21/h3-8,10-12H,9H2,1-2H3,(H,23,26). The number of carbonyl (C=O) groups is 1. The van der Waals surface area contributed by atoms with E-state index in [1.54, 1.807) is 23.0 Å². The molecule has 8 heteroatoms. The van der Waals surface area contributed by atoms with Crippen LogP contribution in [0.15, 0.2) is 48.9 Å². The van der Waals surface area contributed by atoms with Gasteiger partial charge in [-0.15, -0.1) is 0 Å². The van der Waals surface area contributed by atoms with Crippen molar-refractivity contribution in [3.8, 4) is 11.6 Å². The summed E-state index contributed by atoms with van der Waals surface area (Å²) in [5.74, 6) is -1.86. The Kier molecular flexibility index (Phi) is 5.44. The molecule has 0 aliphatic rings. The van der Waals surface area contributed by atoms with Gasteiger partial charge in [-0.25, -0.2) is 13.8 Å². The van der Waals surface area contributed by atoms with Gasteiger partial charge in [0.2, 0.25) is 5.88 Å². The average Bonchev–Trinajstić information content (AvgIpc) is 3.13. The molecule has 2 heterocycles. The Morgan fingerprint density at radius 2 is 2.11 bits per heavy atom. The van der Waals surface area contributed by atoms with E-state index in [1.165, 1.54) is 18.5 Å². The normalized spacial score (nSPS) is 10.9. The zero-order valence-electron chi connectivity index (χ0n) is 14.8. The summed E-state index contributed by atoms with van der Waals surface area (Å²) in [7, 11) is 0. The van der Waals surface area contributed by atoms with Gasteiger partial charge in [-0.2, -0.15) is 5.10 Å². The summed E-state index contributed by atoms with van der Waals surface area (Å²) >= 11 is 0. The SMILES string of the molecule is CC(C)n1cc(C(=O)NCc2cccnc2Oc2ccc(F)cc2F)cn1. The third-order valence-electron chi connectivity index (χ3n) is 3.78. The number of ether oxygens (including phenoxy) is 1. The van der Waals surface area contributed by atoms with Gasteiger partial charge >= 0.3 is 0 Å². The van der Waals surface area contributed by atoms with Gasteiger partial charge < -0.3 is 10.1 Å². The van der Waals surface area contributed by atoms with Crippen molar-refractivity contribution in [1.82, 2.24) is 20.1 Å². The topological polar surface area (TPSA) is 69.0 Å². The minimum absolute atomic E-state index is 0.123. The molecule has 0 saturated heterocycles. The second-order valence-corrected chi connectivity index (χ2v) is 6.13. The van der Waals surface area contributed by atoms with E-state index in [1.807, 2.05) is 13.8 Å². The second kappa shape index (κ2) is 7.94. The monoisotopic (exact) mass is 372 g/mol. The molecule has 0 aliphatic heterocycles. The van der Waals surface area contributed by atoms with Gasteiger partial charge in [-0.05, 0) is 32.0 Å². The van der Waals surface area contributed by atoms with E-state index >= 15 is 0 Å². The zero-order chi connectivity index (χ0) is 19.4. The zero-order valence-corrected chi connectivity index (χ0v) is 14.8. The first-order valence-corrected chi connectivity index (χ1v) is 8.33. The second-order valence-electron chi connectivity index (χ2n) is 6.13. The Hall–Kier alpha value is -3.29. The number of halogens is 2. The summed E-state index contributed by atoms with van der Waals surface area (Å²) in [6.45, 7) is 4.04. The van der Waals surface area contributed by atoms with Crippen molar-refractivity contribution in [2.45, 2.75) is 26.4 Å². The molecule has 1 N–H and O–H groups in total. The van der Waals surface area contributed by atoms with Crippen molar-refractivity contribution < 1.29 is 18.3 Å². The molecule has 1 aromatic carbocycles. The fourth-order valence-electron chi connectivity index (χ4n) is 2.33. The fraction of sp³-hybridized carbons (Fsp3) is 0.211. The smallest absolute Gasteiger partial charge is 0.254 e. The highest BCUT2D eigenvalue weighted by Crippen LogP contribution is 2.26. The minimum Gasteiger partial charge on any atom is -0.436 e. The van der Waals surface area contributed by atoms with Crippen LogP contribution >= 0.6 is 0 Å². The van der Waals surface area contributed by atoms with E-state index in [9.17, 15) is 13.6 Å². The summed E-state index contributed by atoms with van der Waals surface area (Å²) in [6, 6.07) is 6.52. The summed E-state index contributed by atoms with van der Waals surface area (Å²) in [6.07, 6.45) is 4.63. The molecule has 0 unspecified atom stereocenters. The molecule has 140 valence electrons. The first-order valence-electron chi connectivity index (χ1n) is 8.33. The number of pyridine rings is 1. The highest BCUT2D eigenvalue weighted by Gasteiger charge is 2.13. The molecule has 3 rings (SSSR count). The molecule has 0 radical (unpaired) electrons. The Labute approximate surface area is 154 Å². The maximum absolute atomic E-state index is 13.8. The van der Waals surface area contributed by atoms with E-state index in [0.717, 1.165) is 12.1 Å². The van der Waals surface area contributed by atoms with E-state index in [0.29, 0.717) is 11.1 Å². The molecule has 1 amide bonds. The average molecular weight is 372 g/mol. The van der Waals surface area contributed by atoms with Crippen LogP contribution < -0.4 is 10.1 Å². The molecular weight excluding hydrogens is 354 g/mol. The maximum Gasteiger partial charge on any atom is 0.254 e. The number of carbonyl (C=O) groups excluding carboxylic acids is 1. The van der Waals surface area contributed by atoms with Crippen LogP contribution in [0.4, 0.5) is 8.78 Å². The maximum atomic E-state index is 13.8. The van der Waals surface area contributed by atoms with Crippen LogP contribution in [-0.4, -0.2) is 20.7 Å². The lowest BCUT2D eigenvalue weighted by Gasteiger charge is -2.11. The molecule has 0 aliphatic carbocycles. The van der Waals surface area contributed by atoms with E-state index in [-0.39, 0.29) is 30.1 Å². The predicted molar refractivity (Wildman–Crippen MR) is 94.5 cm³/mol. The van der Waals surface area contributed by atoms with Gasteiger partial charge in [0, 0.05) is 36.6 Å². The summed E-state index contributed by atoms with van der Waals surface area (Å²) in [4.78, 5) is 16.4. The lowest BCUT2D eigenvalue weighted by Crippen LogP contribution is -2.22. The van der Waals surface area contributed by atoms with E-state index in [2.05, 4.69) is 15.4 Å². The van der Waals surface area contributed by atoms with Crippen LogP contribution in [0.2, 0.25) is 0 Å². The summed E-state index contributed by atoms with van der Waals surface area (Å²) < 4.78 is 34.0. The van der Waals surface area contributed by atoms with Crippen molar-refractivity contribution in [3.05, 3.63) is 71.7 Å². The fourth-order valence-corrected chi connectivity index (χ4v) is 2.33. The van der Waals surface area contributed by atoms with Crippen LogP contribution in [0.25, 0.3) is 0 Å². The third kappa shape index (κ3) is 4.46. The number of benzene rings is 1. The molecule has 0 saturated carbocycles. The number of rotatable bonds is 6. The Morgan fingerprint density at radius 1 is 1.30 bits per heavy atom. The van der Waals surface area contributed by atoms with Gasteiger partial charge in [0.05, 0.1) is 11.8 Å². The van der Waals surface area contributed by atoms with Gasteiger partial charge in [0.15, 0.2) is 11.6 Å². The van der Waals surface area contributed by atoms with Crippen LogP contribution in [-0.2, 0) is 6.54 Å². The summed E-state index contributed by atoms with van der Waals surface area (Å²) in [5, 5.41) is 6.88. The quantitative estimate of drug-likeness (QED) is 0.713. The van der Waals surface area contributed by atoms with Crippen LogP contribution in [0.3, 0.4) is 0 Å². The number of nitrogens with zero attached hydrogens (tertiary/aromatic N) is 3. The third-order valence-corrected chi connectivity index (χ3v) is 3.78.